The first-order chi connectivity index (χ1) is 16.6. The molecule has 36 heavy (non-hydrogen) atoms. The molecule has 4 rings (SSSR count). The van der Waals surface area contributed by atoms with Crippen LogP contribution in [0, 0.1) is 0 Å². The van der Waals surface area contributed by atoms with E-state index in [2.05, 4.69) is 10.9 Å². The number of carbonyl (C=O) groups excluding carboxylic acids is 1. The summed E-state index contributed by atoms with van der Waals surface area (Å²) in [6.07, 6.45) is 1.34. The molecule has 4 aliphatic rings. The first-order valence-corrected chi connectivity index (χ1v) is 19.3. The first kappa shape index (κ1) is 28.3. The second kappa shape index (κ2) is 10.5. The van der Waals surface area contributed by atoms with Gasteiger partial charge in [-0.05, 0) is 25.7 Å². The van der Waals surface area contributed by atoms with Crippen LogP contribution in [0.2, 0.25) is 0 Å². The van der Waals surface area contributed by atoms with E-state index in [0.29, 0.717) is 25.7 Å². The van der Waals surface area contributed by atoms with Crippen molar-refractivity contribution in [2.75, 3.05) is 59.1 Å². The Morgan fingerprint density at radius 1 is 0.556 bits per heavy atom. The minimum atomic E-state index is -3.27. The predicted octanol–water partition coefficient (Wildman–Crippen LogP) is -3.08. The molecule has 0 aromatic heterocycles. The lowest BCUT2D eigenvalue weighted by Gasteiger charge is -2.33. The summed E-state index contributed by atoms with van der Waals surface area (Å²) in [4.78, 5) is 13.2. The molecule has 0 unspecified atom stereocenters. The zero-order chi connectivity index (χ0) is 26.4. The average molecular weight is 591 g/mol. The fraction of sp³-hybridized carbons (Fsp3) is 0.947. The van der Waals surface area contributed by atoms with E-state index in [4.69, 9.17) is 0 Å². The maximum absolute atomic E-state index is 13.2. The summed E-state index contributed by atoms with van der Waals surface area (Å²) in [7, 11) is -12.9. The second-order valence-corrected chi connectivity index (χ2v) is 19.3. The Morgan fingerprint density at radius 3 is 1.17 bits per heavy atom. The normalized spacial score (nSPS) is 34.5. The van der Waals surface area contributed by atoms with Gasteiger partial charge in [-0.3, -0.25) is 15.6 Å². The van der Waals surface area contributed by atoms with Crippen LogP contribution in [-0.2, 0) is 44.1 Å². The molecule has 0 aromatic rings. The van der Waals surface area contributed by atoms with Crippen molar-refractivity contribution in [2.24, 2.45) is 0 Å². The number of Topliss-reactive ketones (excluding diaryl/α,β-unsaturated/α-hetero) is 1. The molecule has 2 N–H and O–H groups in total. The van der Waals surface area contributed by atoms with Crippen molar-refractivity contribution >= 4 is 45.1 Å². The number of hydrogen-bond donors (Lipinski definition) is 2. The maximum atomic E-state index is 13.2. The van der Waals surface area contributed by atoms with E-state index < -0.39 is 63.5 Å². The van der Waals surface area contributed by atoms with Crippen molar-refractivity contribution in [2.45, 2.75) is 49.9 Å². The highest BCUT2D eigenvalue weighted by atomic mass is 32.2. The number of hydrazine groups is 2. The lowest BCUT2D eigenvalue weighted by molar-refractivity contribution is -0.124. The van der Waals surface area contributed by atoms with Crippen molar-refractivity contribution in [3.63, 3.8) is 0 Å². The highest BCUT2D eigenvalue weighted by molar-refractivity contribution is 7.92. The van der Waals surface area contributed by atoms with Gasteiger partial charge in [0.05, 0.1) is 59.1 Å². The van der Waals surface area contributed by atoms with E-state index >= 15 is 0 Å². The van der Waals surface area contributed by atoms with Gasteiger partial charge < -0.3 is 0 Å². The number of nitrogens with zero attached hydrogens (tertiary/aromatic N) is 2. The van der Waals surface area contributed by atoms with Gasteiger partial charge in [0.25, 0.3) is 0 Å². The highest BCUT2D eigenvalue weighted by Crippen LogP contribution is 2.21. The van der Waals surface area contributed by atoms with Crippen LogP contribution in [0.5, 0.6) is 0 Å². The van der Waals surface area contributed by atoms with Crippen LogP contribution in [0.25, 0.3) is 0 Å². The standard InChI is InChI=1S/C19H34N4O9S4/c24-19(9-22(17-3-7-35(29,30)13-17)20-15-1-5-33(25,26)11-15)10-23(18-4-8-36(31,32)14-18)21-16-2-6-34(27,28)12-16/h15-18,20-21H,1-14H2/t15-,16-,17-,18+/m1/s1. The molecule has 4 atom stereocenters. The molecule has 0 saturated carbocycles. The number of ketones is 1. The SMILES string of the molecule is O=C(CN(N[C@@H]1CCS(=O)(=O)C1)[C@@H]1CCS(=O)(=O)C1)CN(N[C@@H]1CCS(=O)(=O)C1)[C@H]1CCS(=O)(=O)C1. The zero-order valence-corrected chi connectivity index (χ0v) is 23.2. The molecule has 0 bridgehead atoms. The Bertz CT molecular complexity index is 1180. The van der Waals surface area contributed by atoms with E-state index in [1.165, 1.54) is 10.0 Å². The fourth-order valence-electron chi connectivity index (χ4n) is 5.30. The van der Waals surface area contributed by atoms with Crippen molar-refractivity contribution in [1.29, 1.82) is 0 Å². The second-order valence-electron chi connectivity index (χ2n) is 10.4. The van der Waals surface area contributed by atoms with Gasteiger partial charge >= 0.3 is 0 Å². The topological polar surface area (TPSA) is 184 Å². The van der Waals surface area contributed by atoms with Crippen LogP contribution in [0.4, 0.5) is 0 Å². The average Bonchev–Trinajstić information content (AvgIpc) is 3.47. The minimum absolute atomic E-state index is 0.0171. The molecular weight excluding hydrogens is 556 g/mol. The summed E-state index contributed by atoms with van der Waals surface area (Å²) >= 11 is 0. The quantitative estimate of drug-likeness (QED) is 0.244. The van der Waals surface area contributed by atoms with Crippen LogP contribution in [0.15, 0.2) is 0 Å². The summed E-state index contributed by atoms with van der Waals surface area (Å²) < 4.78 is 95.9. The molecule has 0 radical (unpaired) electrons. The number of carbonyl (C=O) groups is 1. The van der Waals surface area contributed by atoms with Crippen molar-refractivity contribution < 1.29 is 38.5 Å². The summed E-state index contributed by atoms with van der Waals surface area (Å²) in [6, 6.07) is -1.83. The van der Waals surface area contributed by atoms with E-state index in [1.807, 2.05) is 0 Å². The van der Waals surface area contributed by atoms with Crippen LogP contribution >= 0.6 is 0 Å². The monoisotopic (exact) mass is 590 g/mol. The first-order valence-electron chi connectivity index (χ1n) is 12.0. The Morgan fingerprint density at radius 2 is 0.889 bits per heavy atom. The molecule has 4 aliphatic heterocycles. The number of hydrogen-bond acceptors (Lipinski definition) is 13. The Kier molecular flexibility index (Phi) is 8.23. The van der Waals surface area contributed by atoms with Gasteiger partial charge in [0.15, 0.2) is 45.1 Å². The fourth-order valence-corrected chi connectivity index (χ4v) is 12.1. The van der Waals surface area contributed by atoms with Crippen LogP contribution < -0.4 is 10.9 Å². The van der Waals surface area contributed by atoms with E-state index in [0.717, 1.165) is 0 Å². The van der Waals surface area contributed by atoms with Gasteiger partial charge in [-0.25, -0.2) is 43.7 Å². The van der Waals surface area contributed by atoms with Gasteiger partial charge in [-0.15, -0.1) is 0 Å². The van der Waals surface area contributed by atoms with Gasteiger partial charge in [0.1, 0.15) is 0 Å². The molecule has 4 fully saturated rings. The third-order valence-corrected chi connectivity index (χ3v) is 14.2. The summed E-state index contributed by atoms with van der Waals surface area (Å²) in [5.74, 6) is -0.799. The Balaban J connectivity index is 1.45. The van der Waals surface area contributed by atoms with Crippen LogP contribution in [0.1, 0.15) is 25.7 Å². The highest BCUT2D eigenvalue weighted by Gasteiger charge is 2.39. The summed E-state index contributed by atoms with van der Waals surface area (Å²) in [5, 5.41) is 3.06. The molecule has 0 aromatic carbocycles. The summed E-state index contributed by atoms with van der Waals surface area (Å²) in [5.41, 5.74) is 6.15. The van der Waals surface area contributed by atoms with E-state index in [1.54, 1.807) is 0 Å². The minimum Gasteiger partial charge on any atom is -0.297 e. The number of nitrogens with one attached hydrogen (secondary N) is 2. The third kappa shape index (κ3) is 7.68. The molecule has 0 spiro atoms. The smallest absolute Gasteiger partial charge is 0.163 e. The van der Waals surface area contributed by atoms with Gasteiger partial charge in [-0.2, -0.15) is 0 Å². The molecule has 208 valence electrons. The zero-order valence-electron chi connectivity index (χ0n) is 19.9. The number of sulfone groups is 4. The molecule has 17 heteroatoms. The van der Waals surface area contributed by atoms with Crippen LogP contribution in [0.3, 0.4) is 0 Å². The van der Waals surface area contributed by atoms with E-state index in [-0.39, 0.29) is 64.9 Å². The molecule has 13 nitrogen and oxygen atoms in total. The van der Waals surface area contributed by atoms with Crippen molar-refractivity contribution in [3.8, 4) is 0 Å². The largest absolute Gasteiger partial charge is 0.297 e. The molecule has 4 heterocycles. The lowest BCUT2D eigenvalue weighted by atomic mass is 10.2. The van der Waals surface area contributed by atoms with Crippen molar-refractivity contribution in [1.82, 2.24) is 20.9 Å². The molecular formula is C19H34N4O9S4. The summed E-state index contributed by atoms with van der Waals surface area (Å²) in [6.45, 7) is -0.394. The van der Waals surface area contributed by atoms with Gasteiger partial charge in [0, 0.05) is 24.2 Å². The molecule has 0 amide bonds. The number of rotatable bonds is 10. The van der Waals surface area contributed by atoms with E-state index in [9.17, 15) is 38.5 Å². The van der Waals surface area contributed by atoms with Crippen molar-refractivity contribution in [3.05, 3.63) is 0 Å². The Labute approximate surface area is 213 Å². The Hall–Kier alpha value is -0.690. The molecule has 0 aliphatic carbocycles. The third-order valence-electron chi connectivity index (χ3n) is 7.15. The maximum Gasteiger partial charge on any atom is 0.163 e. The van der Waals surface area contributed by atoms with Crippen LogP contribution in [-0.4, -0.2) is 133 Å². The van der Waals surface area contributed by atoms with Gasteiger partial charge in [-0.1, -0.05) is 0 Å². The lowest BCUT2D eigenvalue weighted by Crippen LogP contribution is -2.57. The molecule has 4 saturated heterocycles. The predicted molar refractivity (Wildman–Crippen MR) is 133 cm³/mol. The van der Waals surface area contributed by atoms with Gasteiger partial charge in [0.2, 0.25) is 0 Å².